The van der Waals surface area contributed by atoms with Gasteiger partial charge in [0.2, 0.25) is 0 Å². The third kappa shape index (κ3) is 3.77. The molecule has 1 rings (SSSR count). The topological polar surface area (TPSA) is 73.2 Å². The summed E-state index contributed by atoms with van der Waals surface area (Å²) in [4.78, 5) is 28.3. The first-order valence-electron chi connectivity index (χ1n) is 4.88. The van der Waals surface area contributed by atoms with Crippen LogP contribution in [0.4, 0.5) is 0 Å². The lowest BCUT2D eigenvalue weighted by Crippen LogP contribution is -2.38. The minimum Gasteiger partial charge on any atom is -0.296 e. The molecular weight excluding hydrogens is 205 g/mol. The predicted octanol–water partition coefficient (Wildman–Crippen LogP) is 0.530. The van der Waals surface area contributed by atoms with Gasteiger partial charge >= 0.3 is 8.17 Å². The summed E-state index contributed by atoms with van der Waals surface area (Å²) in [5, 5.41) is 0. The number of hydrogen-bond acceptors (Lipinski definition) is 5. The van der Waals surface area contributed by atoms with Crippen LogP contribution in [0.25, 0.3) is 0 Å². The Morgan fingerprint density at radius 1 is 1.43 bits per heavy atom. The Balaban J connectivity index is 2.36. The van der Waals surface area contributed by atoms with Crippen LogP contribution in [0.15, 0.2) is 0 Å². The van der Waals surface area contributed by atoms with Gasteiger partial charge in [-0.25, -0.2) is 0 Å². The maximum Gasteiger partial charge on any atom is 0.567 e. The fourth-order valence-electron chi connectivity index (χ4n) is 1.90. The van der Waals surface area contributed by atoms with Gasteiger partial charge in [-0.3, -0.25) is 4.90 Å². The standard InChI is InChI=1S/C8H19NO4P/c1-7(2)9-5-3-4-8(9)6-13-14(10,11)12/h7-8,10-12H,3-6H2,1-2H3/q+1. The largest absolute Gasteiger partial charge is 0.567 e. The van der Waals surface area contributed by atoms with E-state index in [0.717, 1.165) is 19.4 Å². The second-order valence-electron chi connectivity index (χ2n) is 3.94. The maximum absolute atomic E-state index is 8.68. The van der Waals surface area contributed by atoms with Crippen molar-refractivity contribution in [2.45, 2.75) is 38.8 Å². The molecule has 0 bridgehead atoms. The fraction of sp³-hybridized carbons (Fsp3) is 1.00. The summed E-state index contributed by atoms with van der Waals surface area (Å²) < 4.78 is 4.63. The second kappa shape index (κ2) is 4.84. The van der Waals surface area contributed by atoms with Crippen LogP contribution in [-0.2, 0) is 4.52 Å². The normalized spacial score (nSPS) is 24.9. The molecular formula is C8H19NO4P+. The zero-order valence-corrected chi connectivity index (χ0v) is 9.52. The van der Waals surface area contributed by atoms with Gasteiger partial charge in [-0.15, -0.1) is 0 Å². The highest BCUT2D eigenvalue weighted by molar-refractivity contribution is 7.53. The molecule has 1 saturated heterocycles. The van der Waals surface area contributed by atoms with Crippen molar-refractivity contribution >= 4 is 8.17 Å². The van der Waals surface area contributed by atoms with Gasteiger partial charge in [-0.05, 0) is 33.2 Å². The summed E-state index contributed by atoms with van der Waals surface area (Å²) >= 11 is 0. The smallest absolute Gasteiger partial charge is 0.296 e. The molecule has 6 heteroatoms. The van der Waals surface area contributed by atoms with Crippen molar-refractivity contribution in [2.24, 2.45) is 0 Å². The predicted molar refractivity (Wildman–Crippen MR) is 54.4 cm³/mol. The Morgan fingerprint density at radius 2 is 2.07 bits per heavy atom. The summed E-state index contributed by atoms with van der Waals surface area (Å²) in [5.41, 5.74) is 0. The second-order valence-corrected chi connectivity index (χ2v) is 5.22. The van der Waals surface area contributed by atoms with Crippen LogP contribution in [0.3, 0.4) is 0 Å². The van der Waals surface area contributed by atoms with Crippen LogP contribution in [0.5, 0.6) is 0 Å². The molecule has 0 radical (unpaired) electrons. The highest BCUT2D eigenvalue weighted by Crippen LogP contribution is 2.46. The van der Waals surface area contributed by atoms with Gasteiger partial charge < -0.3 is 0 Å². The minimum atomic E-state index is -4.05. The lowest BCUT2D eigenvalue weighted by Gasteiger charge is -2.27. The number of nitrogens with zero attached hydrogens (tertiary/aromatic N) is 1. The first-order valence-corrected chi connectivity index (χ1v) is 6.44. The van der Waals surface area contributed by atoms with E-state index in [1.54, 1.807) is 0 Å². The molecule has 1 fully saturated rings. The van der Waals surface area contributed by atoms with Crippen LogP contribution in [0, 0.1) is 0 Å². The number of likely N-dealkylation sites (tertiary alicyclic amines) is 1. The van der Waals surface area contributed by atoms with Crippen molar-refractivity contribution in [3.05, 3.63) is 0 Å². The summed E-state index contributed by atoms with van der Waals surface area (Å²) in [7, 11) is -4.05. The highest BCUT2D eigenvalue weighted by Gasteiger charge is 2.37. The molecule has 1 atom stereocenters. The summed E-state index contributed by atoms with van der Waals surface area (Å²) in [6.45, 7) is 5.39. The Kier molecular flexibility index (Phi) is 4.25. The molecule has 1 aliphatic rings. The van der Waals surface area contributed by atoms with E-state index in [1.807, 2.05) is 0 Å². The van der Waals surface area contributed by atoms with E-state index < -0.39 is 8.17 Å². The van der Waals surface area contributed by atoms with Gasteiger partial charge in [-0.2, -0.15) is 19.2 Å². The number of rotatable bonds is 4. The monoisotopic (exact) mass is 224 g/mol. The molecule has 0 aliphatic carbocycles. The summed E-state index contributed by atoms with van der Waals surface area (Å²) in [6, 6.07) is 0.621. The van der Waals surface area contributed by atoms with Crippen molar-refractivity contribution in [1.82, 2.24) is 4.90 Å². The van der Waals surface area contributed by atoms with E-state index in [-0.39, 0.29) is 12.6 Å². The highest BCUT2D eigenvalue weighted by atomic mass is 31.2. The van der Waals surface area contributed by atoms with Crippen molar-refractivity contribution in [2.75, 3.05) is 13.2 Å². The zero-order valence-electron chi connectivity index (χ0n) is 8.63. The van der Waals surface area contributed by atoms with Gasteiger partial charge in [0.25, 0.3) is 0 Å². The van der Waals surface area contributed by atoms with Gasteiger partial charge in [0, 0.05) is 12.1 Å². The van der Waals surface area contributed by atoms with E-state index in [0.29, 0.717) is 6.04 Å². The van der Waals surface area contributed by atoms with Crippen LogP contribution < -0.4 is 0 Å². The molecule has 5 nitrogen and oxygen atoms in total. The van der Waals surface area contributed by atoms with Gasteiger partial charge in [0.05, 0.1) is 0 Å². The SMILES string of the molecule is CC(C)N1CCCC1CO[P+](O)(O)O. The quantitative estimate of drug-likeness (QED) is 0.607. The van der Waals surface area contributed by atoms with Crippen LogP contribution in [0.2, 0.25) is 0 Å². The van der Waals surface area contributed by atoms with Crippen molar-refractivity contribution in [1.29, 1.82) is 0 Å². The van der Waals surface area contributed by atoms with Crippen LogP contribution in [-0.4, -0.2) is 44.8 Å². The van der Waals surface area contributed by atoms with E-state index in [4.69, 9.17) is 14.7 Å². The number of hydrogen-bond donors (Lipinski definition) is 3. The van der Waals surface area contributed by atoms with Crippen molar-refractivity contribution in [3.8, 4) is 0 Å². The molecule has 0 amide bonds. The lowest BCUT2D eigenvalue weighted by molar-refractivity contribution is 0.100. The first-order chi connectivity index (χ1) is 6.40. The van der Waals surface area contributed by atoms with Gasteiger partial charge in [-0.1, -0.05) is 0 Å². The summed E-state index contributed by atoms with van der Waals surface area (Å²) in [5.74, 6) is 0. The van der Waals surface area contributed by atoms with Gasteiger partial charge in [0.1, 0.15) is 6.61 Å². The molecule has 84 valence electrons. The van der Waals surface area contributed by atoms with Crippen molar-refractivity contribution in [3.63, 3.8) is 0 Å². The molecule has 3 N–H and O–H groups in total. The third-order valence-corrected chi connectivity index (χ3v) is 3.02. The Morgan fingerprint density at radius 3 is 2.57 bits per heavy atom. The van der Waals surface area contributed by atoms with Crippen LogP contribution in [0.1, 0.15) is 26.7 Å². The van der Waals surface area contributed by atoms with E-state index in [9.17, 15) is 0 Å². The van der Waals surface area contributed by atoms with E-state index in [2.05, 4.69) is 23.3 Å². The molecule has 0 aromatic carbocycles. The maximum atomic E-state index is 8.68. The average Bonchev–Trinajstić information content (AvgIpc) is 2.46. The Hall–Kier alpha value is 0.230. The van der Waals surface area contributed by atoms with Gasteiger partial charge in [0.15, 0.2) is 0 Å². The van der Waals surface area contributed by atoms with Crippen molar-refractivity contribution < 1.29 is 19.2 Å². The molecule has 0 aromatic heterocycles. The van der Waals surface area contributed by atoms with E-state index >= 15 is 0 Å². The lowest BCUT2D eigenvalue weighted by atomic mass is 10.2. The molecule has 0 aromatic rings. The summed E-state index contributed by atoms with van der Waals surface area (Å²) in [6.07, 6.45) is 2.08. The molecule has 0 saturated carbocycles. The van der Waals surface area contributed by atoms with Crippen LogP contribution >= 0.6 is 8.17 Å². The minimum absolute atomic E-state index is 0.190. The fourth-order valence-corrected chi connectivity index (χ4v) is 2.27. The van der Waals surface area contributed by atoms with E-state index in [1.165, 1.54) is 0 Å². The first kappa shape index (κ1) is 12.3. The Labute approximate surface area is 85.0 Å². The third-order valence-electron chi connectivity index (χ3n) is 2.53. The average molecular weight is 224 g/mol. The molecule has 1 heterocycles. The molecule has 14 heavy (non-hydrogen) atoms. The molecule has 1 unspecified atom stereocenters. The zero-order chi connectivity index (χ0) is 10.8. The molecule has 1 aliphatic heterocycles. The molecule has 0 spiro atoms. The Bertz CT molecular complexity index is 183.